The van der Waals surface area contributed by atoms with Crippen molar-refractivity contribution < 1.29 is 9.53 Å². The van der Waals surface area contributed by atoms with Gasteiger partial charge >= 0.3 is 0 Å². The molecule has 0 amide bonds. The Morgan fingerprint density at radius 3 is 3.00 bits per heavy atom. The number of allylic oxidation sites excluding steroid dienone is 1. The third-order valence-electron chi connectivity index (χ3n) is 2.11. The number of ether oxygens (including phenoxy) is 1. The highest BCUT2D eigenvalue weighted by Crippen LogP contribution is 2.24. The molecule has 0 bridgehead atoms. The minimum Gasteiger partial charge on any atom is -0.504 e. The molecule has 1 saturated carbocycles. The fourth-order valence-electron chi connectivity index (χ4n) is 1.43. The highest BCUT2D eigenvalue weighted by molar-refractivity contribution is 5.97. The first-order chi connectivity index (χ1) is 5.25. The number of ketones is 1. The summed E-state index contributed by atoms with van der Waals surface area (Å²) in [6, 6.07) is 0. The van der Waals surface area contributed by atoms with Crippen LogP contribution >= 0.6 is 0 Å². The van der Waals surface area contributed by atoms with Crippen molar-refractivity contribution in [3.05, 3.63) is 11.8 Å². The van der Waals surface area contributed by atoms with Crippen LogP contribution in [0, 0.1) is 5.92 Å². The zero-order valence-corrected chi connectivity index (χ0v) is 7.09. The summed E-state index contributed by atoms with van der Waals surface area (Å²) >= 11 is 0. The van der Waals surface area contributed by atoms with Gasteiger partial charge in [0.1, 0.15) is 0 Å². The molecule has 0 aliphatic heterocycles. The molecule has 62 valence electrons. The number of rotatable bonds is 1. The lowest BCUT2D eigenvalue weighted by Crippen LogP contribution is -2.18. The molecule has 0 radical (unpaired) electrons. The lowest BCUT2D eigenvalue weighted by atomic mass is 9.86. The van der Waals surface area contributed by atoms with Gasteiger partial charge in [-0.3, -0.25) is 4.79 Å². The number of methoxy groups -OCH3 is 1. The van der Waals surface area contributed by atoms with Gasteiger partial charge in [0.25, 0.3) is 0 Å². The third kappa shape index (κ3) is 1.82. The molecule has 0 aromatic heterocycles. The number of Topliss-reactive ketones (excluding diaryl/α,β-unsaturated/α-hetero) is 1. The van der Waals surface area contributed by atoms with Gasteiger partial charge in [-0.05, 0) is 19.3 Å². The van der Waals surface area contributed by atoms with E-state index in [2.05, 4.69) is 0 Å². The molecule has 0 aromatic carbocycles. The van der Waals surface area contributed by atoms with Gasteiger partial charge in [0.05, 0.1) is 13.4 Å². The van der Waals surface area contributed by atoms with Crippen LogP contribution < -0.4 is 0 Å². The standard InChI is InChI=1S/C9H14O2/c1-7-4-3-5-8(6-11-2)9(7)10/h6-7H,3-5H2,1-2H3/b8-6-. The fraction of sp³-hybridized carbons (Fsp3) is 0.667. The molecule has 11 heavy (non-hydrogen) atoms. The van der Waals surface area contributed by atoms with Crippen LogP contribution in [0.4, 0.5) is 0 Å². The summed E-state index contributed by atoms with van der Waals surface area (Å²) in [4.78, 5) is 11.4. The number of hydrogen-bond donors (Lipinski definition) is 0. The molecule has 2 heteroatoms. The minimum absolute atomic E-state index is 0.199. The average Bonchev–Trinajstić information content (AvgIpc) is 1.99. The van der Waals surface area contributed by atoms with E-state index in [0.29, 0.717) is 0 Å². The lowest BCUT2D eigenvalue weighted by molar-refractivity contribution is -0.120. The molecular formula is C9H14O2. The van der Waals surface area contributed by atoms with Crippen LogP contribution in [-0.2, 0) is 9.53 Å². The maximum Gasteiger partial charge on any atom is 0.164 e. The van der Waals surface area contributed by atoms with Crippen LogP contribution in [0.15, 0.2) is 11.8 Å². The predicted octanol–water partition coefficient (Wildman–Crippen LogP) is 1.91. The van der Waals surface area contributed by atoms with Crippen LogP contribution in [-0.4, -0.2) is 12.9 Å². The normalized spacial score (nSPS) is 29.1. The Labute approximate surface area is 67.2 Å². The van der Waals surface area contributed by atoms with E-state index in [1.165, 1.54) is 0 Å². The zero-order valence-electron chi connectivity index (χ0n) is 7.09. The molecular weight excluding hydrogens is 140 g/mol. The molecule has 2 nitrogen and oxygen atoms in total. The summed E-state index contributed by atoms with van der Waals surface area (Å²) in [6.07, 6.45) is 4.61. The maximum absolute atomic E-state index is 11.4. The Morgan fingerprint density at radius 1 is 1.64 bits per heavy atom. The molecule has 1 fully saturated rings. The summed E-state index contributed by atoms with van der Waals surface area (Å²) < 4.78 is 4.82. The minimum atomic E-state index is 0.199. The Balaban J connectivity index is 2.66. The van der Waals surface area contributed by atoms with Crippen LogP contribution in [0.2, 0.25) is 0 Å². The van der Waals surface area contributed by atoms with Gasteiger partial charge < -0.3 is 4.74 Å². The van der Waals surface area contributed by atoms with Crippen molar-refractivity contribution in [1.29, 1.82) is 0 Å². The van der Waals surface area contributed by atoms with E-state index in [9.17, 15) is 4.79 Å². The van der Waals surface area contributed by atoms with Gasteiger partial charge in [0.2, 0.25) is 0 Å². The van der Waals surface area contributed by atoms with Crippen molar-refractivity contribution in [3.63, 3.8) is 0 Å². The van der Waals surface area contributed by atoms with E-state index in [-0.39, 0.29) is 11.7 Å². The van der Waals surface area contributed by atoms with E-state index < -0.39 is 0 Å². The molecule has 0 aromatic rings. The van der Waals surface area contributed by atoms with Crippen LogP contribution in [0.5, 0.6) is 0 Å². The SMILES string of the molecule is CO/C=C1/CCCC(C)C1=O. The largest absolute Gasteiger partial charge is 0.504 e. The van der Waals surface area contributed by atoms with Crippen molar-refractivity contribution in [2.45, 2.75) is 26.2 Å². The Hall–Kier alpha value is -0.790. The van der Waals surface area contributed by atoms with Crippen molar-refractivity contribution >= 4 is 5.78 Å². The Bertz CT molecular complexity index is 182. The van der Waals surface area contributed by atoms with Crippen LogP contribution in [0.25, 0.3) is 0 Å². The molecule has 1 atom stereocenters. The summed E-state index contributed by atoms with van der Waals surface area (Å²) in [7, 11) is 1.58. The number of carbonyl (C=O) groups is 1. The number of hydrogen-bond acceptors (Lipinski definition) is 2. The van der Waals surface area contributed by atoms with Crippen molar-refractivity contribution in [1.82, 2.24) is 0 Å². The molecule has 0 heterocycles. The van der Waals surface area contributed by atoms with E-state index in [4.69, 9.17) is 4.74 Å². The molecule has 1 aliphatic rings. The summed E-state index contributed by atoms with van der Waals surface area (Å²) in [5.41, 5.74) is 0.853. The second kappa shape index (κ2) is 3.56. The fourth-order valence-corrected chi connectivity index (χ4v) is 1.43. The van der Waals surface area contributed by atoms with Gasteiger partial charge in [0.15, 0.2) is 5.78 Å². The topological polar surface area (TPSA) is 26.3 Å². The highest BCUT2D eigenvalue weighted by Gasteiger charge is 2.22. The van der Waals surface area contributed by atoms with E-state index in [1.54, 1.807) is 13.4 Å². The molecule has 1 aliphatic carbocycles. The molecule has 0 spiro atoms. The van der Waals surface area contributed by atoms with Gasteiger partial charge in [-0.25, -0.2) is 0 Å². The van der Waals surface area contributed by atoms with Gasteiger partial charge in [0, 0.05) is 11.5 Å². The summed E-state index contributed by atoms with van der Waals surface area (Å²) in [5.74, 6) is 0.461. The molecule has 1 unspecified atom stereocenters. The number of carbonyl (C=O) groups excluding carboxylic acids is 1. The predicted molar refractivity (Wildman–Crippen MR) is 43.1 cm³/mol. The van der Waals surface area contributed by atoms with Crippen molar-refractivity contribution in [2.24, 2.45) is 5.92 Å². The van der Waals surface area contributed by atoms with Gasteiger partial charge in [-0.15, -0.1) is 0 Å². The monoisotopic (exact) mass is 154 g/mol. The van der Waals surface area contributed by atoms with Gasteiger partial charge in [-0.2, -0.15) is 0 Å². The van der Waals surface area contributed by atoms with Crippen LogP contribution in [0.1, 0.15) is 26.2 Å². The van der Waals surface area contributed by atoms with Gasteiger partial charge in [-0.1, -0.05) is 6.92 Å². The quantitative estimate of drug-likeness (QED) is 0.426. The molecule has 1 rings (SSSR count). The zero-order chi connectivity index (χ0) is 8.27. The maximum atomic E-state index is 11.4. The first kappa shape index (κ1) is 8.31. The molecule has 0 N–H and O–H groups in total. The summed E-state index contributed by atoms with van der Waals surface area (Å²) in [6.45, 7) is 1.98. The van der Waals surface area contributed by atoms with E-state index >= 15 is 0 Å². The van der Waals surface area contributed by atoms with Crippen molar-refractivity contribution in [3.8, 4) is 0 Å². The second-order valence-electron chi connectivity index (χ2n) is 3.04. The van der Waals surface area contributed by atoms with E-state index in [1.807, 2.05) is 6.92 Å². The Kier molecular flexibility index (Phi) is 2.69. The Morgan fingerprint density at radius 2 is 2.36 bits per heavy atom. The molecule has 0 saturated heterocycles. The van der Waals surface area contributed by atoms with Crippen LogP contribution in [0.3, 0.4) is 0 Å². The smallest absolute Gasteiger partial charge is 0.164 e. The lowest BCUT2D eigenvalue weighted by Gasteiger charge is -2.18. The third-order valence-corrected chi connectivity index (χ3v) is 2.11. The second-order valence-corrected chi connectivity index (χ2v) is 3.04. The van der Waals surface area contributed by atoms with E-state index in [0.717, 1.165) is 24.8 Å². The summed E-state index contributed by atoms with van der Waals surface area (Å²) in [5, 5.41) is 0. The first-order valence-electron chi connectivity index (χ1n) is 4.01. The average molecular weight is 154 g/mol. The first-order valence-corrected chi connectivity index (χ1v) is 4.01. The highest BCUT2D eigenvalue weighted by atomic mass is 16.5. The van der Waals surface area contributed by atoms with Crippen molar-refractivity contribution in [2.75, 3.05) is 7.11 Å².